The highest BCUT2D eigenvalue weighted by atomic mass is 32.1. The molecule has 6 heteroatoms. The summed E-state index contributed by atoms with van der Waals surface area (Å²) in [5.74, 6) is -0.258. The molecule has 1 aliphatic heterocycles. The number of carbonyl (C=O) groups is 2. The standard InChI is InChI=1S/C19H23N3O2S/c1-13-7-4-5-8-14(13)16(23)21-18-20-15(11-25-18)17(24)22-10-6-9-19(2,3)12-22/h4-5,7-8,11H,6,9-10,12H2,1-3H3,(H,20,21,23). The Balaban J connectivity index is 1.69. The number of carbonyl (C=O) groups excluding carboxylic acids is 2. The number of thiazole rings is 1. The second-order valence-electron chi connectivity index (χ2n) is 7.30. The van der Waals surface area contributed by atoms with Gasteiger partial charge in [-0.05, 0) is 36.8 Å². The van der Waals surface area contributed by atoms with Crippen LogP contribution in [0.1, 0.15) is 53.1 Å². The number of aromatic nitrogens is 1. The van der Waals surface area contributed by atoms with E-state index in [9.17, 15) is 9.59 Å². The van der Waals surface area contributed by atoms with Crippen LogP contribution in [-0.2, 0) is 0 Å². The summed E-state index contributed by atoms with van der Waals surface area (Å²) in [6, 6.07) is 7.40. The number of nitrogens with zero attached hydrogens (tertiary/aromatic N) is 2. The van der Waals surface area contributed by atoms with Gasteiger partial charge >= 0.3 is 0 Å². The molecule has 0 atom stereocenters. The summed E-state index contributed by atoms with van der Waals surface area (Å²) >= 11 is 1.28. The molecule has 0 saturated carbocycles. The Bertz CT molecular complexity index is 797. The van der Waals surface area contributed by atoms with Crippen molar-refractivity contribution in [2.75, 3.05) is 18.4 Å². The normalized spacial score (nSPS) is 16.5. The monoisotopic (exact) mass is 357 g/mol. The van der Waals surface area contributed by atoms with Gasteiger partial charge in [-0.1, -0.05) is 32.0 Å². The molecule has 0 unspecified atom stereocenters. The Hall–Kier alpha value is -2.21. The molecule has 2 aromatic rings. The fraction of sp³-hybridized carbons (Fsp3) is 0.421. The topological polar surface area (TPSA) is 62.3 Å². The molecule has 0 radical (unpaired) electrons. The predicted octanol–water partition coefficient (Wildman–Crippen LogP) is 3.97. The molecule has 1 aromatic heterocycles. The van der Waals surface area contributed by atoms with E-state index in [1.807, 2.05) is 30.0 Å². The van der Waals surface area contributed by atoms with Crippen LogP contribution < -0.4 is 5.32 Å². The number of rotatable bonds is 3. The van der Waals surface area contributed by atoms with Gasteiger partial charge in [0.2, 0.25) is 0 Å². The van der Waals surface area contributed by atoms with Crippen LogP contribution >= 0.6 is 11.3 Å². The van der Waals surface area contributed by atoms with E-state index in [0.29, 0.717) is 16.4 Å². The fourth-order valence-electron chi connectivity index (χ4n) is 3.18. The third-order valence-electron chi connectivity index (χ3n) is 4.52. The number of hydrogen-bond donors (Lipinski definition) is 1. The second-order valence-corrected chi connectivity index (χ2v) is 8.16. The molecule has 1 fully saturated rings. The van der Waals surface area contributed by atoms with E-state index < -0.39 is 0 Å². The van der Waals surface area contributed by atoms with Crippen molar-refractivity contribution in [3.05, 3.63) is 46.5 Å². The van der Waals surface area contributed by atoms with Gasteiger partial charge in [0.25, 0.3) is 11.8 Å². The van der Waals surface area contributed by atoms with Gasteiger partial charge in [0.15, 0.2) is 5.13 Å². The van der Waals surface area contributed by atoms with E-state index in [0.717, 1.165) is 31.5 Å². The summed E-state index contributed by atoms with van der Waals surface area (Å²) in [5.41, 5.74) is 2.07. The second kappa shape index (κ2) is 6.96. The van der Waals surface area contributed by atoms with Gasteiger partial charge in [-0.2, -0.15) is 0 Å². The lowest BCUT2D eigenvalue weighted by Gasteiger charge is -2.37. The zero-order chi connectivity index (χ0) is 18.0. The van der Waals surface area contributed by atoms with Crippen molar-refractivity contribution in [1.29, 1.82) is 0 Å². The van der Waals surface area contributed by atoms with E-state index in [1.165, 1.54) is 11.3 Å². The molecule has 0 spiro atoms. The molecule has 3 rings (SSSR count). The van der Waals surface area contributed by atoms with Crippen LogP contribution in [0.25, 0.3) is 0 Å². The number of nitrogens with one attached hydrogen (secondary N) is 1. The van der Waals surface area contributed by atoms with Gasteiger partial charge in [-0.3, -0.25) is 14.9 Å². The van der Waals surface area contributed by atoms with E-state index >= 15 is 0 Å². The number of piperidine rings is 1. The van der Waals surface area contributed by atoms with Gasteiger partial charge in [0, 0.05) is 24.0 Å². The maximum Gasteiger partial charge on any atom is 0.273 e. The number of amides is 2. The maximum absolute atomic E-state index is 12.7. The Morgan fingerprint density at radius 3 is 2.76 bits per heavy atom. The van der Waals surface area contributed by atoms with Crippen molar-refractivity contribution in [2.45, 2.75) is 33.6 Å². The molecule has 1 aliphatic rings. The molecule has 2 heterocycles. The first-order valence-corrected chi connectivity index (χ1v) is 9.35. The minimum atomic E-state index is -0.203. The first-order valence-electron chi connectivity index (χ1n) is 8.47. The van der Waals surface area contributed by atoms with Gasteiger partial charge < -0.3 is 4.90 Å². The zero-order valence-electron chi connectivity index (χ0n) is 14.8. The molecule has 1 aromatic carbocycles. The van der Waals surface area contributed by atoms with Gasteiger partial charge in [-0.25, -0.2) is 4.98 Å². The Morgan fingerprint density at radius 2 is 2.04 bits per heavy atom. The summed E-state index contributed by atoms with van der Waals surface area (Å²) in [5, 5.41) is 4.96. The van der Waals surface area contributed by atoms with Crippen LogP contribution in [0, 0.1) is 12.3 Å². The number of hydrogen-bond acceptors (Lipinski definition) is 4. The summed E-state index contributed by atoms with van der Waals surface area (Å²) in [4.78, 5) is 31.2. The highest BCUT2D eigenvalue weighted by molar-refractivity contribution is 7.14. The minimum Gasteiger partial charge on any atom is -0.337 e. The van der Waals surface area contributed by atoms with Crippen LogP contribution in [0.3, 0.4) is 0 Å². The van der Waals surface area contributed by atoms with E-state index in [1.54, 1.807) is 11.4 Å². The van der Waals surface area contributed by atoms with Crippen LogP contribution in [0.2, 0.25) is 0 Å². The quantitative estimate of drug-likeness (QED) is 0.904. The lowest BCUT2D eigenvalue weighted by molar-refractivity contribution is 0.0578. The number of anilines is 1. The average molecular weight is 357 g/mol. The van der Waals surface area contributed by atoms with E-state index in [-0.39, 0.29) is 17.2 Å². The van der Waals surface area contributed by atoms with Crippen LogP contribution in [0.15, 0.2) is 29.6 Å². The summed E-state index contributed by atoms with van der Waals surface area (Å²) in [7, 11) is 0. The molecule has 132 valence electrons. The smallest absolute Gasteiger partial charge is 0.273 e. The average Bonchev–Trinajstić information content (AvgIpc) is 3.02. The van der Waals surface area contributed by atoms with Crippen molar-refractivity contribution < 1.29 is 9.59 Å². The molecule has 0 aliphatic carbocycles. The lowest BCUT2D eigenvalue weighted by atomic mass is 9.84. The Kier molecular flexibility index (Phi) is 4.90. The Morgan fingerprint density at radius 1 is 1.28 bits per heavy atom. The van der Waals surface area contributed by atoms with Crippen molar-refractivity contribution in [2.24, 2.45) is 5.41 Å². The van der Waals surface area contributed by atoms with Crippen LogP contribution in [0.4, 0.5) is 5.13 Å². The number of benzene rings is 1. The molecule has 5 nitrogen and oxygen atoms in total. The Labute approximate surface area is 152 Å². The molecule has 1 saturated heterocycles. The first kappa shape index (κ1) is 17.6. The minimum absolute atomic E-state index is 0.0552. The van der Waals surface area contributed by atoms with E-state index in [4.69, 9.17) is 0 Å². The van der Waals surface area contributed by atoms with Crippen LogP contribution in [-0.4, -0.2) is 34.8 Å². The van der Waals surface area contributed by atoms with Gasteiger partial charge in [0.1, 0.15) is 5.69 Å². The third-order valence-corrected chi connectivity index (χ3v) is 5.28. The predicted molar refractivity (Wildman–Crippen MR) is 100 cm³/mol. The maximum atomic E-state index is 12.7. The zero-order valence-corrected chi connectivity index (χ0v) is 15.7. The van der Waals surface area contributed by atoms with E-state index in [2.05, 4.69) is 24.1 Å². The molecular weight excluding hydrogens is 334 g/mol. The first-order chi connectivity index (χ1) is 11.9. The fourth-order valence-corrected chi connectivity index (χ4v) is 3.86. The summed E-state index contributed by atoms with van der Waals surface area (Å²) < 4.78 is 0. The van der Waals surface area contributed by atoms with Crippen molar-refractivity contribution in [3.63, 3.8) is 0 Å². The van der Waals surface area contributed by atoms with Gasteiger partial charge in [0.05, 0.1) is 0 Å². The van der Waals surface area contributed by atoms with Crippen molar-refractivity contribution in [1.82, 2.24) is 9.88 Å². The van der Waals surface area contributed by atoms with Gasteiger partial charge in [-0.15, -0.1) is 11.3 Å². The SMILES string of the molecule is Cc1ccccc1C(=O)Nc1nc(C(=O)N2CCCC(C)(C)C2)cs1. The third kappa shape index (κ3) is 4.07. The number of aryl methyl sites for hydroxylation is 1. The molecule has 1 N–H and O–H groups in total. The number of likely N-dealkylation sites (tertiary alicyclic amines) is 1. The molecule has 0 bridgehead atoms. The highest BCUT2D eigenvalue weighted by Gasteiger charge is 2.30. The lowest BCUT2D eigenvalue weighted by Crippen LogP contribution is -2.43. The summed E-state index contributed by atoms with van der Waals surface area (Å²) in [6.45, 7) is 7.77. The molecule has 2 amide bonds. The summed E-state index contributed by atoms with van der Waals surface area (Å²) in [6.07, 6.45) is 2.14. The largest absolute Gasteiger partial charge is 0.337 e. The molecule has 25 heavy (non-hydrogen) atoms. The molecular formula is C19H23N3O2S. The van der Waals surface area contributed by atoms with Crippen LogP contribution in [0.5, 0.6) is 0 Å². The van der Waals surface area contributed by atoms with Crippen molar-refractivity contribution in [3.8, 4) is 0 Å². The van der Waals surface area contributed by atoms with Crippen molar-refractivity contribution >= 4 is 28.3 Å². The highest BCUT2D eigenvalue weighted by Crippen LogP contribution is 2.29.